The molecule has 2 aliphatic heterocycles. The number of likely N-dealkylation sites (N-methyl/N-ethyl adjacent to an activating group) is 1. The summed E-state index contributed by atoms with van der Waals surface area (Å²) in [6, 6.07) is 6.88. The fourth-order valence-corrected chi connectivity index (χ4v) is 3.22. The fourth-order valence-electron chi connectivity index (χ4n) is 3.22. The number of hydrogen-bond acceptors (Lipinski definition) is 5. The van der Waals surface area contributed by atoms with Crippen molar-refractivity contribution in [3.63, 3.8) is 0 Å². The molecule has 0 spiro atoms. The quantitative estimate of drug-likeness (QED) is 0.763. The van der Waals surface area contributed by atoms with E-state index in [1.54, 1.807) is 12.1 Å². The number of benzene rings is 1. The van der Waals surface area contributed by atoms with Gasteiger partial charge in [-0.3, -0.25) is 14.5 Å². The summed E-state index contributed by atoms with van der Waals surface area (Å²) in [6.45, 7) is 6.24. The van der Waals surface area contributed by atoms with Crippen molar-refractivity contribution in [3.05, 3.63) is 24.3 Å². The van der Waals surface area contributed by atoms with E-state index in [2.05, 4.69) is 23.8 Å². The Morgan fingerprint density at radius 2 is 1.75 bits per heavy atom. The zero-order valence-electron chi connectivity index (χ0n) is 14.4. The van der Waals surface area contributed by atoms with Crippen molar-refractivity contribution in [1.29, 1.82) is 0 Å². The van der Waals surface area contributed by atoms with Crippen molar-refractivity contribution < 1.29 is 14.3 Å². The summed E-state index contributed by atoms with van der Waals surface area (Å²) in [4.78, 5) is 30.9. The van der Waals surface area contributed by atoms with Crippen LogP contribution in [0, 0.1) is 0 Å². The smallest absolute Gasteiger partial charge is 0.251 e. The van der Waals surface area contributed by atoms with E-state index in [0.29, 0.717) is 12.3 Å². The predicted octanol–water partition coefficient (Wildman–Crippen LogP) is 1.35. The second-order valence-electron chi connectivity index (χ2n) is 6.47. The Morgan fingerprint density at radius 1 is 1.08 bits per heavy atom. The number of ether oxygens (including phenoxy) is 1. The number of amides is 2. The number of carbonyl (C=O) groups is 2. The first-order valence-corrected chi connectivity index (χ1v) is 8.62. The largest absolute Gasteiger partial charge is 0.494 e. The minimum atomic E-state index is -0.317. The Morgan fingerprint density at radius 3 is 2.38 bits per heavy atom. The van der Waals surface area contributed by atoms with Gasteiger partial charge in [0.1, 0.15) is 5.75 Å². The molecule has 0 aromatic heterocycles. The average Bonchev–Trinajstić information content (AvgIpc) is 2.89. The number of anilines is 1. The van der Waals surface area contributed by atoms with Crippen molar-refractivity contribution >= 4 is 17.5 Å². The lowest BCUT2D eigenvalue weighted by molar-refractivity contribution is -0.123. The molecule has 0 N–H and O–H groups in total. The maximum absolute atomic E-state index is 12.8. The molecule has 6 nitrogen and oxygen atoms in total. The van der Waals surface area contributed by atoms with E-state index in [4.69, 9.17) is 4.74 Å². The SMILES string of the molecule is CCCOc1ccc(N2C(=O)CC(N3CCN(C)CC3)C2=O)cc1. The van der Waals surface area contributed by atoms with Gasteiger partial charge in [-0.1, -0.05) is 6.92 Å². The lowest BCUT2D eigenvalue weighted by Gasteiger charge is -2.35. The highest BCUT2D eigenvalue weighted by Crippen LogP contribution is 2.27. The molecular formula is C18H25N3O3. The Labute approximate surface area is 143 Å². The lowest BCUT2D eigenvalue weighted by atomic mass is 10.2. The molecule has 2 amide bonds. The molecule has 6 heteroatoms. The van der Waals surface area contributed by atoms with Crippen LogP contribution in [0.15, 0.2) is 24.3 Å². The van der Waals surface area contributed by atoms with E-state index in [-0.39, 0.29) is 24.3 Å². The van der Waals surface area contributed by atoms with Crippen LogP contribution < -0.4 is 9.64 Å². The number of nitrogens with zero attached hydrogens (tertiary/aromatic N) is 3. The molecule has 2 heterocycles. The highest BCUT2D eigenvalue weighted by molar-refractivity contribution is 6.22. The van der Waals surface area contributed by atoms with Crippen LogP contribution in [0.3, 0.4) is 0 Å². The Kier molecular flexibility index (Phi) is 5.16. The van der Waals surface area contributed by atoms with Crippen LogP contribution in [-0.2, 0) is 9.59 Å². The first-order chi connectivity index (χ1) is 11.6. The van der Waals surface area contributed by atoms with Crippen molar-refractivity contribution in [2.75, 3.05) is 44.7 Å². The van der Waals surface area contributed by atoms with Gasteiger partial charge in [0, 0.05) is 26.2 Å². The molecule has 2 saturated heterocycles. The third-order valence-corrected chi connectivity index (χ3v) is 4.67. The van der Waals surface area contributed by atoms with Crippen LogP contribution in [0.2, 0.25) is 0 Å². The van der Waals surface area contributed by atoms with Crippen molar-refractivity contribution in [3.8, 4) is 5.75 Å². The summed E-state index contributed by atoms with van der Waals surface area (Å²) in [7, 11) is 2.08. The van der Waals surface area contributed by atoms with Gasteiger partial charge < -0.3 is 9.64 Å². The van der Waals surface area contributed by atoms with Crippen molar-refractivity contribution in [2.45, 2.75) is 25.8 Å². The van der Waals surface area contributed by atoms with Gasteiger partial charge >= 0.3 is 0 Å². The van der Waals surface area contributed by atoms with Crippen LogP contribution in [0.5, 0.6) is 5.75 Å². The third-order valence-electron chi connectivity index (χ3n) is 4.67. The van der Waals surface area contributed by atoms with Gasteiger partial charge in [-0.2, -0.15) is 0 Å². The van der Waals surface area contributed by atoms with Gasteiger partial charge in [0.15, 0.2) is 0 Å². The molecule has 0 aliphatic carbocycles. The Hall–Kier alpha value is -1.92. The second kappa shape index (κ2) is 7.32. The molecule has 0 bridgehead atoms. The maximum atomic E-state index is 12.8. The topological polar surface area (TPSA) is 53.1 Å². The van der Waals surface area contributed by atoms with Gasteiger partial charge in [0.2, 0.25) is 5.91 Å². The standard InChI is InChI=1S/C18H25N3O3/c1-3-12-24-15-6-4-14(5-7-15)21-17(22)13-16(18(21)23)20-10-8-19(2)9-11-20/h4-7,16H,3,8-13H2,1-2H3. The Balaban J connectivity index is 1.70. The number of piperazine rings is 1. The summed E-state index contributed by atoms with van der Waals surface area (Å²) in [5.74, 6) is 0.535. The molecule has 24 heavy (non-hydrogen) atoms. The first-order valence-electron chi connectivity index (χ1n) is 8.62. The highest BCUT2D eigenvalue weighted by atomic mass is 16.5. The van der Waals surface area contributed by atoms with E-state index in [0.717, 1.165) is 38.3 Å². The summed E-state index contributed by atoms with van der Waals surface area (Å²) in [6.07, 6.45) is 1.22. The van der Waals surface area contributed by atoms with Crippen molar-refractivity contribution in [2.24, 2.45) is 0 Å². The molecule has 0 radical (unpaired) electrons. The third kappa shape index (κ3) is 3.44. The van der Waals surface area contributed by atoms with E-state index < -0.39 is 0 Å². The van der Waals surface area contributed by atoms with E-state index in [9.17, 15) is 9.59 Å². The van der Waals surface area contributed by atoms with Crippen molar-refractivity contribution in [1.82, 2.24) is 9.80 Å². The highest BCUT2D eigenvalue weighted by Gasteiger charge is 2.43. The van der Waals surface area contributed by atoms with Gasteiger partial charge in [-0.25, -0.2) is 4.90 Å². The van der Waals surface area contributed by atoms with Crippen LogP contribution in [-0.4, -0.2) is 67.5 Å². The molecule has 2 aliphatic rings. The molecule has 1 aromatic rings. The Bertz CT molecular complexity index is 594. The van der Waals surface area contributed by atoms with E-state index in [1.165, 1.54) is 4.90 Å². The number of rotatable bonds is 5. The minimum absolute atomic E-state index is 0.105. The summed E-state index contributed by atoms with van der Waals surface area (Å²) in [5, 5.41) is 0. The maximum Gasteiger partial charge on any atom is 0.251 e. The molecule has 0 saturated carbocycles. The lowest BCUT2D eigenvalue weighted by Crippen LogP contribution is -2.51. The van der Waals surface area contributed by atoms with Gasteiger partial charge in [0.25, 0.3) is 5.91 Å². The molecule has 3 rings (SSSR count). The summed E-state index contributed by atoms with van der Waals surface area (Å²) >= 11 is 0. The van der Waals surface area contributed by atoms with Gasteiger partial charge in [-0.15, -0.1) is 0 Å². The van der Waals surface area contributed by atoms with Crippen LogP contribution in [0.1, 0.15) is 19.8 Å². The zero-order valence-corrected chi connectivity index (χ0v) is 14.4. The fraction of sp³-hybridized carbons (Fsp3) is 0.556. The molecular weight excluding hydrogens is 306 g/mol. The number of hydrogen-bond donors (Lipinski definition) is 0. The van der Waals surface area contributed by atoms with Crippen LogP contribution in [0.4, 0.5) is 5.69 Å². The van der Waals surface area contributed by atoms with E-state index in [1.807, 2.05) is 12.1 Å². The molecule has 130 valence electrons. The van der Waals surface area contributed by atoms with Crippen LogP contribution in [0.25, 0.3) is 0 Å². The molecule has 1 aromatic carbocycles. The summed E-state index contributed by atoms with van der Waals surface area (Å²) < 4.78 is 5.55. The summed E-state index contributed by atoms with van der Waals surface area (Å²) in [5.41, 5.74) is 0.630. The molecule has 1 atom stereocenters. The molecule has 2 fully saturated rings. The zero-order chi connectivity index (χ0) is 17.1. The minimum Gasteiger partial charge on any atom is -0.494 e. The number of carbonyl (C=O) groups excluding carboxylic acids is 2. The predicted molar refractivity (Wildman–Crippen MR) is 92.2 cm³/mol. The monoisotopic (exact) mass is 331 g/mol. The number of imide groups is 1. The average molecular weight is 331 g/mol. The first kappa shape index (κ1) is 16.9. The molecule has 1 unspecified atom stereocenters. The normalized spacial score (nSPS) is 23.1. The van der Waals surface area contributed by atoms with Gasteiger partial charge in [-0.05, 0) is 37.7 Å². The van der Waals surface area contributed by atoms with Crippen LogP contribution >= 0.6 is 0 Å². The second-order valence-corrected chi connectivity index (χ2v) is 6.47. The van der Waals surface area contributed by atoms with Gasteiger partial charge in [0.05, 0.1) is 24.8 Å². The van der Waals surface area contributed by atoms with E-state index >= 15 is 0 Å².